The van der Waals surface area contributed by atoms with Gasteiger partial charge < -0.3 is 5.11 Å². The Morgan fingerprint density at radius 3 is 2.47 bits per heavy atom. The number of benzene rings is 1. The van der Waals surface area contributed by atoms with Gasteiger partial charge in [0, 0.05) is 6.54 Å². The summed E-state index contributed by atoms with van der Waals surface area (Å²) in [7, 11) is 0. The van der Waals surface area contributed by atoms with E-state index in [0.29, 0.717) is 13.0 Å². The molecule has 17 heavy (non-hydrogen) atoms. The van der Waals surface area contributed by atoms with E-state index in [-0.39, 0.29) is 22.6 Å². The van der Waals surface area contributed by atoms with Crippen LogP contribution in [0.4, 0.5) is 0 Å². The Balaban J connectivity index is 2.47. The zero-order chi connectivity index (χ0) is 12.6. The van der Waals surface area contributed by atoms with Crippen LogP contribution in [0, 0.1) is 0 Å². The second-order valence-electron chi connectivity index (χ2n) is 3.83. The van der Waals surface area contributed by atoms with Crippen LogP contribution in [0.15, 0.2) is 18.2 Å². The zero-order valence-electron chi connectivity index (χ0n) is 9.27. The molecule has 1 aliphatic heterocycles. The van der Waals surface area contributed by atoms with Crippen molar-refractivity contribution in [2.24, 2.45) is 0 Å². The summed E-state index contributed by atoms with van der Waals surface area (Å²) in [5, 5.41) is 8.83. The van der Waals surface area contributed by atoms with Crippen LogP contribution < -0.4 is 0 Å². The minimum Gasteiger partial charge on any atom is -0.478 e. The van der Waals surface area contributed by atoms with Gasteiger partial charge in [0.2, 0.25) is 0 Å². The lowest BCUT2D eigenvalue weighted by Gasteiger charge is -2.11. The predicted octanol–water partition coefficient (Wildman–Crippen LogP) is 1.39. The Morgan fingerprint density at radius 1 is 1.24 bits per heavy atom. The molecular weight excluding hydrogens is 222 g/mol. The second-order valence-corrected chi connectivity index (χ2v) is 3.83. The second kappa shape index (κ2) is 4.01. The van der Waals surface area contributed by atoms with E-state index in [2.05, 4.69) is 0 Å². The number of fused-ring (bicyclic) bond motifs is 1. The lowest BCUT2D eigenvalue weighted by atomic mass is 10.1. The average molecular weight is 233 g/mol. The molecule has 0 unspecified atom stereocenters. The topological polar surface area (TPSA) is 74.7 Å². The standard InChI is InChI=1S/C12H11NO4/c1-2-5-13-10(14)8-4-3-7(12(16)17)6-9(8)11(13)15/h3-4,6H,2,5H2,1H3,(H,16,17). The maximum Gasteiger partial charge on any atom is 0.335 e. The number of rotatable bonds is 3. The fourth-order valence-electron chi connectivity index (χ4n) is 1.85. The summed E-state index contributed by atoms with van der Waals surface area (Å²) >= 11 is 0. The predicted molar refractivity (Wildman–Crippen MR) is 59.1 cm³/mol. The Kier molecular flexibility index (Phi) is 2.67. The molecule has 1 aliphatic rings. The number of carbonyl (C=O) groups is 3. The summed E-state index contributed by atoms with van der Waals surface area (Å²) in [6.45, 7) is 2.22. The molecule has 0 atom stereocenters. The van der Waals surface area contributed by atoms with E-state index in [9.17, 15) is 14.4 Å². The lowest BCUT2D eigenvalue weighted by Crippen LogP contribution is -2.30. The molecule has 0 radical (unpaired) electrons. The largest absolute Gasteiger partial charge is 0.478 e. The van der Waals surface area contributed by atoms with Gasteiger partial charge in [-0.25, -0.2) is 4.79 Å². The molecule has 0 spiro atoms. The number of carboxylic acid groups (broad SMARTS) is 1. The number of carbonyl (C=O) groups excluding carboxylic acids is 2. The van der Waals surface area contributed by atoms with Crippen molar-refractivity contribution in [2.75, 3.05) is 6.54 Å². The number of imide groups is 1. The van der Waals surface area contributed by atoms with Crippen molar-refractivity contribution in [1.29, 1.82) is 0 Å². The van der Waals surface area contributed by atoms with E-state index in [0.717, 1.165) is 4.90 Å². The summed E-state index contributed by atoms with van der Waals surface area (Å²) in [6.07, 6.45) is 0.678. The molecule has 0 aromatic heterocycles. The molecule has 5 nitrogen and oxygen atoms in total. The highest BCUT2D eigenvalue weighted by molar-refractivity contribution is 6.21. The molecule has 1 aromatic carbocycles. The highest BCUT2D eigenvalue weighted by Gasteiger charge is 2.35. The van der Waals surface area contributed by atoms with E-state index in [4.69, 9.17) is 5.11 Å². The van der Waals surface area contributed by atoms with Gasteiger partial charge in [-0.2, -0.15) is 0 Å². The van der Waals surface area contributed by atoms with Crippen molar-refractivity contribution >= 4 is 17.8 Å². The summed E-state index contributed by atoms with van der Waals surface area (Å²) < 4.78 is 0. The molecule has 0 saturated heterocycles. The van der Waals surface area contributed by atoms with Crippen molar-refractivity contribution in [2.45, 2.75) is 13.3 Å². The third-order valence-corrected chi connectivity index (χ3v) is 2.66. The van der Waals surface area contributed by atoms with E-state index < -0.39 is 11.9 Å². The Bertz CT molecular complexity index is 521. The van der Waals surface area contributed by atoms with E-state index in [1.165, 1.54) is 18.2 Å². The van der Waals surface area contributed by atoms with Gasteiger partial charge in [0.15, 0.2) is 0 Å². The summed E-state index contributed by atoms with van der Waals surface area (Å²) in [6, 6.07) is 3.99. The van der Waals surface area contributed by atoms with Crippen LogP contribution in [0.2, 0.25) is 0 Å². The van der Waals surface area contributed by atoms with Crippen molar-refractivity contribution in [3.63, 3.8) is 0 Å². The Hall–Kier alpha value is -2.17. The molecule has 0 saturated carbocycles. The molecule has 5 heteroatoms. The van der Waals surface area contributed by atoms with Gasteiger partial charge in [-0.3, -0.25) is 14.5 Å². The summed E-state index contributed by atoms with van der Waals surface area (Å²) in [4.78, 5) is 35.7. The molecule has 88 valence electrons. The first-order chi connectivity index (χ1) is 8.06. The molecule has 0 fully saturated rings. The zero-order valence-corrected chi connectivity index (χ0v) is 9.27. The van der Waals surface area contributed by atoms with Crippen LogP contribution >= 0.6 is 0 Å². The molecule has 0 bridgehead atoms. The fraction of sp³-hybridized carbons (Fsp3) is 0.250. The van der Waals surface area contributed by atoms with Gasteiger partial charge >= 0.3 is 5.97 Å². The molecule has 2 rings (SSSR count). The van der Waals surface area contributed by atoms with Gasteiger partial charge in [0.1, 0.15) is 0 Å². The minimum absolute atomic E-state index is 0.0169. The van der Waals surface area contributed by atoms with E-state index in [1.54, 1.807) is 0 Å². The van der Waals surface area contributed by atoms with Crippen LogP contribution in [0.25, 0.3) is 0 Å². The SMILES string of the molecule is CCCN1C(=O)c2ccc(C(=O)O)cc2C1=O. The molecule has 0 aliphatic carbocycles. The van der Waals surface area contributed by atoms with E-state index in [1.807, 2.05) is 6.92 Å². The number of carboxylic acids is 1. The van der Waals surface area contributed by atoms with Crippen molar-refractivity contribution in [3.05, 3.63) is 34.9 Å². The Morgan fingerprint density at radius 2 is 1.88 bits per heavy atom. The van der Waals surface area contributed by atoms with Crippen LogP contribution in [-0.2, 0) is 0 Å². The van der Waals surface area contributed by atoms with Gasteiger partial charge in [0.25, 0.3) is 11.8 Å². The van der Waals surface area contributed by atoms with Gasteiger partial charge in [-0.1, -0.05) is 6.92 Å². The number of hydrogen-bond donors (Lipinski definition) is 1. The van der Waals surface area contributed by atoms with Crippen molar-refractivity contribution in [3.8, 4) is 0 Å². The van der Waals surface area contributed by atoms with Crippen LogP contribution in [-0.4, -0.2) is 34.3 Å². The van der Waals surface area contributed by atoms with Gasteiger partial charge in [0.05, 0.1) is 16.7 Å². The average Bonchev–Trinajstić information content (AvgIpc) is 2.54. The minimum atomic E-state index is -1.11. The number of aromatic carboxylic acids is 1. The lowest BCUT2D eigenvalue weighted by molar-refractivity contribution is 0.0652. The maximum atomic E-state index is 11.9. The monoisotopic (exact) mass is 233 g/mol. The van der Waals surface area contributed by atoms with Gasteiger partial charge in [-0.05, 0) is 24.6 Å². The molecule has 2 amide bonds. The van der Waals surface area contributed by atoms with Crippen molar-refractivity contribution < 1.29 is 19.5 Å². The third-order valence-electron chi connectivity index (χ3n) is 2.66. The third kappa shape index (κ3) is 1.69. The van der Waals surface area contributed by atoms with Crippen molar-refractivity contribution in [1.82, 2.24) is 4.90 Å². The molecule has 1 aromatic rings. The normalized spacial score (nSPS) is 14.1. The molecule has 1 heterocycles. The molecule has 1 N–H and O–H groups in total. The smallest absolute Gasteiger partial charge is 0.335 e. The first-order valence-corrected chi connectivity index (χ1v) is 5.29. The summed E-state index contributed by atoms with van der Waals surface area (Å²) in [5.41, 5.74) is 0.486. The highest BCUT2D eigenvalue weighted by Crippen LogP contribution is 2.24. The molecular formula is C12H11NO4. The Labute approximate surface area is 97.7 Å². The van der Waals surface area contributed by atoms with Crippen LogP contribution in [0.5, 0.6) is 0 Å². The van der Waals surface area contributed by atoms with E-state index >= 15 is 0 Å². The van der Waals surface area contributed by atoms with Crippen LogP contribution in [0.3, 0.4) is 0 Å². The number of amides is 2. The fourth-order valence-corrected chi connectivity index (χ4v) is 1.85. The summed E-state index contributed by atoms with van der Waals surface area (Å²) in [5.74, 6) is -1.86. The highest BCUT2D eigenvalue weighted by atomic mass is 16.4. The first-order valence-electron chi connectivity index (χ1n) is 5.29. The number of hydrogen-bond acceptors (Lipinski definition) is 3. The first kappa shape index (κ1) is 11.3. The number of nitrogens with zero attached hydrogens (tertiary/aromatic N) is 1. The van der Waals surface area contributed by atoms with Gasteiger partial charge in [-0.15, -0.1) is 0 Å². The quantitative estimate of drug-likeness (QED) is 0.800. The maximum absolute atomic E-state index is 11.9. The van der Waals surface area contributed by atoms with Crippen LogP contribution in [0.1, 0.15) is 44.4 Å².